The monoisotopic (exact) mass is 1250 g/mol. The highest BCUT2D eigenvalue weighted by molar-refractivity contribution is 5.79. The molecule has 0 aromatic rings. The molecule has 0 amide bonds. The molecule has 500 valence electrons. The molecule has 9 fully saturated rings. The SMILES string of the molecule is C[C@@H]1O[C@@H](O[C@H]2[C@H](O)[C@@H](O)[C@H](OC[C@H]3O[C@@H](OC(=O)[C@]45CCC(C)(C)C[C@H]4C4=CCC6[C@@]7(C)CC[C@H](O[C@@H]8O[C@H](CO)[C@@H](O)[C@H](O)[C@H]8O[C@@H]8O[C@H](CO)[C@@H](O)[C@H](O)[C@H]8O)C(C)(C)C7CC[C@@]6(C)[C@]4(C)CC5)[C@H](O)[C@@H](O)[C@@H]3O)O[C@@H]2CO)[C@H](O)[C@H](O)[C@H]1O. The molecule has 16 N–H and O–H groups in total. The topological polar surface area (TPSA) is 433 Å². The summed E-state index contributed by atoms with van der Waals surface area (Å²) in [5.41, 5.74) is -1.49. The van der Waals surface area contributed by atoms with Crippen molar-refractivity contribution >= 4 is 5.97 Å². The first-order chi connectivity index (χ1) is 40.7. The smallest absolute Gasteiger partial charge is 0.315 e. The van der Waals surface area contributed by atoms with Crippen LogP contribution in [0.1, 0.15) is 120 Å². The number of allylic oxidation sites excluding steroid dienone is 2. The van der Waals surface area contributed by atoms with E-state index < -0.39 is 203 Å². The number of aliphatic hydroxyl groups is 16. The van der Waals surface area contributed by atoms with Crippen molar-refractivity contribution in [2.45, 2.75) is 279 Å². The largest absolute Gasteiger partial charge is 0.432 e. The third-order valence-corrected chi connectivity index (χ3v) is 23.5. The highest BCUT2D eigenvalue weighted by atomic mass is 16.8. The third-order valence-electron chi connectivity index (χ3n) is 23.5. The van der Waals surface area contributed by atoms with Gasteiger partial charge in [-0.2, -0.15) is 0 Å². The van der Waals surface area contributed by atoms with E-state index >= 15 is 4.79 Å². The summed E-state index contributed by atoms with van der Waals surface area (Å²) in [7, 11) is 0. The van der Waals surface area contributed by atoms with Crippen LogP contribution in [-0.4, -0.2) is 274 Å². The first kappa shape index (κ1) is 68.1. The van der Waals surface area contributed by atoms with Gasteiger partial charge in [-0.1, -0.05) is 60.1 Å². The number of ether oxygens (including phenoxy) is 10. The molecule has 5 aliphatic carbocycles. The molecular formula is C60H98O27. The lowest BCUT2D eigenvalue weighted by Crippen LogP contribution is -2.67. The van der Waals surface area contributed by atoms with Gasteiger partial charge in [-0.05, 0) is 116 Å². The lowest BCUT2D eigenvalue weighted by Gasteiger charge is -2.71. The van der Waals surface area contributed by atoms with Gasteiger partial charge in [-0.25, -0.2) is 0 Å². The molecule has 0 bridgehead atoms. The zero-order valence-electron chi connectivity index (χ0n) is 50.9. The average Bonchev–Trinajstić information content (AvgIpc) is 0.690. The van der Waals surface area contributed by atoms with E-state index in [1.807, 2.05) is 0 Å². The number of aliphatic hydroxyl groups excluding tert-OH is 16. The second-order valence-electron chi connectivity index (χ2n) is 29.1. The summed E-state index contributed by atoms with van der Waals surface area (Å²) < 4.78 is 59.6. The van der Waals surface area contributed by atoms with Crippen LogP contribution in [-0.2, 0) is 52.2 Å². The van der Waals surface area contributed by atoms with Crippen LogP contribution in [0.2, 0.25) is 0 Å². The fourth-order valence-corrected chi connectivity index (χ4v) is 17.8. The maximum atomic E-state index is 15.3. The molecule has 0 aromatic carbocycles. The molecule has 2 unspecified atom stereocenters. The van der Waals surface area contributed by atoms with Crippen LogP contribution in [0.25, 0.3) is 0 Å². The van der Waals surface area contributed by atoms with Crippen LogP contribution in [0, 0.1) is 50.2 Å². The van der Waals surface area contributed by atoms with E-state index in [0.29, 0.717) is 44.9 Å². The molecule has 27 heteroatoms. The van der Waals surface area contributed by atoms with E-state index in [4.69, 9.17) is 47.4 Å². The Morgan fingerprint density at radius 1 is 0.506 bits per heavy atom. The highest BCUT2D eigenvalue weighted by Gasteiger charge is 2.70. The van der Waals surface area contributed by atoms with Gasteiger partial charge in [0, 0.05) is 0 Å². The molecule has 10 rings (SSSR count). The van der Waals surface area contributed by atoms with E-state index in [2.05, 4.69) is 54.5 Å². The quantitative estimate of drug-likeness (QED) is 0.0463. The Labute approximate surface area is 506 Å². The van der Waals surface area contributed by atoms with Gasteiger partial charge in [-0.15, -0.1) is 0 Å². The van der Waals surface area contributed by atoms with Crippen molar-refractivity contribution in [3.05, 3.63) is 11.6 Å². The molecule has 0 spiro atoms. The Hall–Kier alpha value is -1.79. The first-order valence-corrected chi connectivity index (χ1v) is 31.2. The van der Waals surface area contributed by atoms with Crippen molar-refractivity contribution in [3.8, 4) is 0 Å². The summed E-state index contributed by atoms with van der Waals surface area (Å²) in [6.45, 7) is 14.3. The minimum Gasteiger partial charge on any atom is -0.432 e. The molecule has 87 heavy (non-hydrogen) atoms. The van der Waals surface area contributed by atoms with Crippen LogP contribution in [0.4, 0.5) is 0 Å². The summed E-state index contributed by atoms with van der Waals surface area (Å²) >= 11 is 0. The minimum absolute atomic E-state index is 0.0840. The molecular weight excluding hydrogens is 1150 g/mol. The summed E-state index contributed by atoms with van der Waals surface area (Å²) in [5.74, 6) is -0.650. The second-order valence-corrected chi connectivity index (χ2v) is 29.1. The fraction of sp³-hybridized carbons (Fsp3) is 0.950. The maximum Gasteiger partial charge on any atom is 0.315 e. The summed E-state index contributed by atoms with van der Waals surface area (Å²) in [6, 6.07) is 0. The maximum absolute atomic E-state index is 15.3. The number of hydrogen-bond acceptors (Lipinski definition) is 27. The highest BCUT2D eigenvalue weighted by Crippen LogP contribution is 2.76. The Kier molecular flexibility index (Phi) is 19.7. The Balaban J connectivity index is 0.832. The van der Waals surface area contributed by atoms with E-state index in [9.17, 15) is 81.7 Å². The number of carbonyl (C=O) groups excluding carboxylic acids is 1. The third kappa shape index (κ3) is 11.5. The number of rotatable bonds is 14. The predicted octanol–water partition coefficient (Wildman–Crippen LogP) is -3.18. The Bertz CT molecular complexity index is 2420. The van der Waals surface area contributed by atoms with Gasteiger partial charge in [-0.3, -0.25) is 4.79 Å². The number of esters is 1. The zero-order valence-corrected chi connectivity index (χ0v) is 50.9. The molecule has 5 heterocycles. The van der Waals surface area contributed by atoms with E-state index in [1.165, 1.54) is 12.5 Å². The number of fused-ring (bicyclic) bond motifs is 7. The predicted molar refractivity (Wildman–Crippen MR) is 294 cm³/mol. The summed E-state index contributed by atoms with van der Waals surface area (Å²) in [5, 5.41) is 172. The molecule has 0 aromatic heterocycles. The summed E-state index contributed by atoms with van der Waals surface area (Å²) in [6.07, 6.45) is -32.3. The van der Waals surface area contributed by atoms with Crippen LogP contribution < -0.4 is 0 Å². The van der Waals surface area contributed by atoms with Crippen molar-refractivity contribution in [2.24, 2.45) is 50.2 Å². The molecule has 33 atom stereocenters. The molecule has 5 saturated heterocycles. The lowest BCUT2D eigenvalue weighted by atomic mass is 9.33. The van der Waals surface area contributed by atoms with Crippen molar-refractivity contribution in [1.29, 1.82) is 0 Å². The first-order valence-electron chi connectivity index (χ1n) is 31.2. The molecule has 4 saturated carbocycles. The number of carbonyl (C=O) groups is 1. The van der Waals surface area contributed by atoms with E-state index in [1.54, 1.807) is 0 Å². The van der Waals surface area contributed by atoms with Crippen LogP contribution >= 0.6 is 0 Å². The van der Waals surface area contributed by atoms with Gasteiger partial charge >= 0.3 is 5.97 Å². The molecule has 5 aliphatic heterocycles. The Morgan fingerprint density at radius 2 is 1.02 bits per heavy atom. The van der Waals surface area contributed by atoms with Crippen molar-refractivity contribution < 1.29 is 134 Å². The van der Waals surface area contributed by atoms with Gasteiger partial charge < -0.3 is 129 Å². The molecule has 10 aliphatic rings. The van der Waals surface area contributed by atoms with Crippen molar-refractivity contribution in [1.82, 2.24) is 0 Å². The average molecular weight is 1250 g/mol. The van der Waals surface area contributed by atoms with Crippen molar-refractivity contribution in [3.63, 3.8) is 0 Å². The van der Waals surface area contributed by atoms with Gasteiger partial charge in [0.1, 0.15) is 116 Å². The van der Waals surface area contributed by atoms with Gasteiger partial charge in [0.25, 0.3) is 0 Å². The second kappa shape index (κ2) is 25.2. The normalized spacial score (nSPS) is 54.0. The zero-order chi connectivity index (χ0) is 63.6. The van der Waals surface area contributed by atoms with Crippen molar-refractivity contribution in [2.75, 3.05) is 26.4 Å². The standard InChI is InChI=1S/C60H98O27/c1-24-34(64)38(68)43(73)50(79-24)85-47-29(22-63)82-49(46(76)42(47)72)78-23-30-37(67)40(70)45(75)52(83-30)87-54(77)60-17-15-55(2,3)19-26(60)25-9-10-32-57(6)13-12-33(56(4,5)31(57)11-14-59(32,8)58(25,7)16-18-60)84-53-48(41(71)36(66)28(21-62)81-53)86-51-44(74)39(69)35(65)27(20-61)80-51/h9,24,26-53,61-76H,10-23H2,1-8H3/t24-,26-,27+,28+,29+,30+,31?,32?,33-,34-,35+,36+,37+,38+,39-,40-,41-,42+,43+,44+,45+,46+,47+,48+,49+,50-,51-,52-,53-,57-,58+,59+,60-/m0/s1. The lowest BCUT2D eigenvalue weighted by molar-refractivity contribution is -0.378. The Morgan fingerprint density at radius 3 is 1.67 bits per heavy atom. The van der Waals surface area contributed by atoms with Crippen LogP contribution in [0.3, 0.4) is 0 Å². The van der Waals surface area contributed by atoms with Crippen LogP contribution in [0.15, 0.2) is 11.6 Å². The minimum atomic E-state index is -1.90. The van der Waals surface area contributed by atoms with Gasteiger partial charge in [0.05, 0.1) is 44.1 Å². The fourth-order valence-electron chi connectivity index (χ4n) is 17.8. The summed E-state index contributed by atoms with van der Waals surface area (Å²) in [4.78, 5) is 15.3. The van der Waals surface area contributed by atoms with E-state index in [-0.39, 0.29) is 39.4 Å². The van der Waals surface area contributed by atoms with Gasteiger partial charge in [0.2, 0.25) is 6.29 Å². The van der Waals surface area contributed by atoms with Crippen LogP contribution in [0.5, 0.6) is 0 Å². The van der Waals surface area contributed by atoms with E-state index in [0.717, 1.165) is 19.3 Å². The van der Waals surface area contributed by atoms with Gasteiger partial charge in [0.15, 0.2) is 25.2 Å². The molecule has 0 radical (unpaired) electrons. The molecule has 27 nitrogen and oxygen atoms in total. The number of hydrogen-bond donors (Lipinski definition) is 16.